The van der Waals surface area contributed by atoms with E-state index in [-0.39, 0.29) is 17.2 Å². The predicted octanol–water partition coefficient (Wildman–Crippen LogP) is 3.74. The van der Waals surface area contributed by atoms with Crippen molar-refractivity contribution in [3.05, 3.63) is 53.6 Å². The molecule has 2 aromatic rings. The normalized spacial score (nSPS) is 10.2. The summed E-state index contributed by atoms with van der Waals surface area (Å²) in [5.74, 6) is 0.415. The second kappa shape index (κ2) is 6.79. The lowest BCUT2D eigenvalue weighted by Gasteiger charge is -2.09. The van der Waals surface area contributed by atoms with Crippen molar-refractivity contribution >= 4 is 11.6 Å². The summed E-state index contributed by atoms with van der Waals surface area (Å²) in [6.07, 6.45) is 0.950. The van der Waals surface area contributed by atoms with E-state index in [1.165, 1.54) is 0 Å². The lowest BCUT2D eigenvalue weighted by Crippen LogP contribution is -2.12. The van der Waals surface area contributed by atoms with Crippen LogP contribution in [0.25, 0.3) is 0 Å². The molecule has 21 heavy (non-hydrogen) atoms. The van der Waals surface area contributed by atoms with Crippen LogP contribution < -0.4 is 10.1 Å². The van der Waals surface area contributed by atoms with Crippen LogP contribution in [0.15, 0.2) is 42.5 Å². The van der Waals surface area contributed by atoms with Crippen LogP contribution in [-0.4, -0.2) is 17.6 Å². The van der Waals surface area contributed by atoms with Gasteiger partial charge in [-0.1, -0.05) is 13.0 Å². The second-order valence-corrected chi connectivity index (χ2v) is 4.85. The molecule has 0 saturated carbocycles. The number of nitrogens with one attached hydrogen (secondary N) is 1. The van der Waals surface area contributed by atoms with Gasteiger partial charge >= 0.3 is 0 Å². The Bertz CT molecular complexity index is 620. The third kappa shape index (κ3) is 3.99. The van der Waals surface area contributed by atoms with Crippen molar-refractivity contribution in [3.8, 4) is 11.5 Å². The number of carbonyl (C=O) groups excluding carboxylic acids is 1. The summed E-state index contributed by atoms with van der Waals surface area (Å²) in [7, 11) is 0. The minimum atomic E-state index is -0.338. The van der Waals surface area contributed by atoms with E-state index < -0.39 is 0 Å². The standard InChI is InChI=1S/C17H19NO3/c1-3-10-21-14-7-5-13(6-8-14)18-17(20)15-9-4-12(2)11-16(15)19/h4-9,11,19H,3,10H2,1-2H3,(H,18,20). The van der Waals surface area contributed by atoms with Gasteiger partial charge in [0.05, 0.1) is 12.2 Å². The van der Waals surface area contributed by atoms with E-state index in [0.29, 0.717) is 12.3 Å². The number of aromatic hydroxyl groups is 1. The first kappa shape index (κ1) is 14.9. The van der Waals surface area contributed by atoms with Crippen molar-refractivity contribution in [1.29, 1.82) is 0 Å². The summed E-state index contributed by atoms with van der Waals surface area (Å²) < 4.78 is 5.48. The molecule has 110 valence electrons. The molecule has 4 nitrogen and oxygen atoms in total. The van der Waals surface area contributed by atoms with E-state index in [4.69, 9.17) is 4.74 Å². The van der Waals surface area contributed by atoms with E-state index in [9.17, 15) is 9.90 Å². The van der Waals surface area contributed by atoms with Crippen molar-refractivity contribution in [2.45, 2.75) is 20.3 Å². The van der Waals surface area contributed by atoms with Crippen LogP contribution in [0.1, 0.15) is 29.3 Å². The second-order valence-electron chi connectivity index (χ2n) is 4.85. The Morgan fingerprint density at radius 3 is 2.52 bits per heavy atom. The van der Waals surface area contributed by atoms with Gasteiger partial charge in [-0.3, -0.25) is 4.79 Å². The molecular weight excluding hydrogens is 266 g/mol. The molecule has 0 fully saturated rings. The first-order valence-corrected chi connectivity index (χ1v) is 6.94. The highest BCUT2D eigenvalue weighted by Gasteiger charge is 2.11. The largest absolute Gasteiger partial charge is 0.507 e. The zero-order valence-corrected chi connectivity index (χ0v) is 12.2. The molecule has 0 aliphatic rings. The van der Waals surface area contributed by atoms with Crippen LogP contribution in [0.3, 0.4) is 0 Å². The van der Waals surface area contributed by atoms with Crippen LogP contribution in [0.4, 0.5) is 5.69 Å². The van der Waals surface area contributed by atoms with Gasteiger partial charge in [0, 0.05) is 5.69 Å². The minimum absolute atomic E-state index is 0.0181. The lowest BCUT2D eigenvalue weighted by atomic mass is 10.1. The van der Waals surface area contributed by atoms with E-state index in [0.717, 1.165) is 17.7 Å². The van der Waals surface area contributed by atoms with E-state index >= 15 is 0 Å². The van der Waals surface area contributed by atoms with Gasteiger partial charge in [0.25, 0.3) is 5.91 Å². The highest BCUT2D eigenvalue weighted by molar-refractivity contribution is 6.06. The molecule has 2 N–H and O–H groups in total. The maximum absolute atomic E-state index is 12.1. The molecule has 0 heterocycles. The summed E-state index contributed by atoms with van der Waals surface area (Å²) in [4.78, 5) is 12.1. The van der Waals surface area contributed by atoms with Crippen LogP contribution in [0.5, 0.6) is 11.5 Å². The van der Waals surface area contributed by atoms with Crippen LogP contribution in [-0.2, 0) is 0 Å². The Hall–Kier alpha value is -2.49. The average molecular weight is 285 g/mol. The van der Waals surface area contributed by atoms with E-state index in [1.807, 2.05) is 13.8 Å². The number of aryl methyl sites for hydroxylation is 1. The molecule has 0 spiro atoms. The number of rotatable bonds is 5. The fraction of sp³-hybridized carbons (Fsp3) is 0.235. The number of ether oxygens (including phenoxy) is 1. The van der Waals surface area contributed by atoms with Gasteiger partial charge in [-0.05, 0) is 55.3 Å². The maximum Gasteiger partial charge on any atom is 0.259 e. The van der Waals surface area contributed by atoms with Gasteiger partial charge in [0.15, 0.2) is 0 Å². The SMILES string of the molecule is CCCOc1ccc(NC(=O)c2ccc(C)cc2O)cc1. The molecule has 2 rings (SSSR count). The maximum atomic E-state index is 12.1. The predicted molar refractivity (Wildman–Crippen MR) is 83.0 cm³/mol. The highest BCUT2D eigenvalue weighted by Crippen LogP contribution is 2.21. The molecule has 4 heteroatoms. The third-order valence-electron chi connectivity index (χ3n) is 2.98. The van der Waals surface area contributed by atoms with Crippen LogP contribution in [0.2, 0.25) is 0 Å². The Morgan fingerprint density at radius 2 is 1.90 bits per heavy atom. The molecule has 2 aromatic carbocycles. The number of benzene rings is 2. The van der Waals surface area contributed by atoms with Crippen molar-refractivity contribution in [2.75, 3.05) is 11.9 Å². The smallest absolute Gasteiger partial charge is 0.259 e. The molecule has 0 aliphatic carbocycles. The minimum Gasteiger partial charge on any atom is -0.507 e. The van der Waals surface area contributed by atoms with Crippen molar-refractivity contribution in [2.24, 2.45) is 0 Å². The Labute approximate surface area is 124 Å². The lowest BCUT2D eigenvalue weighted by molar-refractivity contribution is 0.102. The average Bonchev–Trinajstić information content (AvgIpc) is 2.46. The number of phenols is 1. The summed E-state index contributed by atoms with van der Waals surface area (Å²) >= 11 is 0. The monoisotopic (exact) mass is 285 g/mol. The zero-order valence-electron chi connectivity index (χ0n) is 12.2. The fourth-order valence-corrected chi connectivity index (χ4v) is 1.89. The van der Waals surface area contributed by atoms with Crippen molar-refractivity contribution in [1.82, 2.24) is 0 Å². The van der Waals surface area contributed by atoms with Gasteiger partial charge < -0.3 is 15.2 Å². The van der Waals surface area contributed by atoms with Gasteiger partial charge in [-0.15, -0.1) is 0 Å². The molecular formula is C17H19NO3. The first-order chi connectivity index (χ1) is 10.1. The molecule has 0 aliphatic heterocycles. The fourth-order valence-electron chi connectivity index (χ4n) is 1.89. The summed E-state index contributed by atoms with van der Waals surface area (Å²) in [5, 5.41) is 12.5. The number of phenolic OH excluding ortho intramolecular Hbond substituents is 1. The van der Waals surface area contributed by atoms with Crippen molar-refractivity contribution in [3.63, 3.8) is 0 Å². The molecule has 0 aromatic heterocycles. The molecule has 0 unspecified atom stereocenters. The Morgan fingerprint density at radius 1 is 1.19 bits per heavy atom. The summed E-state index contributed by atoms with van der Waals surface area (Å²) in [6.45, 7) is 4.57. The topological polar surface area (TPSA) is 58.6 Å². The van der Waals surface area contributed by atoms with Crippen molar-refractivity contribution < 1.29 is 14.6 Å². The number of anilines is 1. The number of carbonyl (C=O) groups is 1. The third-order valence-corrected chi connectivity index (χ3v) is 2.98. The van der Waals surface area contributed by atoms with Gasteiger partial charge in [-0.25, -0.2) is 0 Å². The molecule has 0 saturated heterocycles. The first-order valence-electron chi connectivity index (χ1n) is 6.94. The Kier molecular flexibility index (Phi) is 4.82. The van der Waals surface area contributed by atoms with Crippen LogP contribution in [0, 0.1) is 6.92 Å². The van der Waals surface area contributed by atoms with E-state index in [1.54, 1.807) is 42.5 Å². The number of hydrogen-bond acceptors (Lipinski definition) is 3. The number of hydrogen-bond donors (Lipinski definition) is 2. The van der Waals surface area contributed by atoms with E-state index in [2.05, 4.69) is 5.32 Å². The van der Waals surface area contributed by atoms with Gasteiger partial charge in [0.1, 0.15) is 11.5 Å². The summed E-state index contributed by atoms with van der Waals surface area (Å²) in [5.41, 5.74) is 1.82. The van der Waals surface area contributed by atoms with Gasteiger partial charge in [-0.2, -0.15) is 0 Å². The zero-order chi connectivity index (χ0) is 15.2. The molecule has 0 radical (unpaired) electrons. The Balaban J connectivity index is 2.05. The van der Waals surface area contributed by atoms with Gasteiger partial charge in [0.2, 0.25) is 0 Å². The quantitative estimate of drug-likeness (QED) is 0.879. The molecule has 0 bridgehead atoms. The summed E-state index contributed by atoms with van der Waals surface area (Å²) in [6, 6.07) is 12.1. The number of amides is 1. The molecule has 0 atom stereocenters. The highest BCUT2D eigenvalue weighted by atomic mass is 16.5. The van der Waals surface area contributed by atoms with Crippen LogP contribution >= 0.6 is 0 Å². The molecule has 1 amide bonds.